The number of quaternary nitrogens is 1. The Morgan fingerprint density at radius 1 is 0.941 bits per heavy atom. The van der Waals surface area contributed by atoms with Crippen LogP contribution in [-0.2, 0) is 16.1 Å². The molecule has 1 aliphatic rings. The molecule has 10 nitrogen and oxygen atoms in total. The number of carbonyl (C=O) groups is 2. The molecular weight excluding hydrogens is 753 g/mol. The van der Waals surface area contributed by atoms with Crippen LogP contribution in [0.15, 0.2) is 110 Å². The van der Waals surface area contributed by atoms with E-state index < -0.39 is 0 Å². The number of halogens is 1. The van der Waals surface area contributed by atoms with Gasteiger partial charge < -0.3 is 39.3 Å². The monoisotopic (exact) mass is 797 g/mol. The summed E-state index contributed by atoms with van der Waals surface area (Å²) < 4.78 is 6.44. The number of rotatable bonds is 12. The summed E-state index contributed by atoms with van der Waals surface area (Å²) in [4.78, 5) is 41.3. The van der Waals surface area contributed by atoms with Crippen LogP contribution < -0.4 is 34.6 Å². The topological polar surface area (TPSA) is 109 Å². The molecule has 5 aromatic rings. The number of hydrogen-bond donors (Lipinski definition) is 2. The van der Waals surface area contributed by atoms with E-state index in [1.807, 2.05) is 85.8 Å². The number of hydrogen-bond acceptors (Lipinski definition) is 8. The van der Waals surface area contributed by atoms with Gasteiger partial charge in [0, 0.05) is 60.7 Å². The highest BCUT2D eigenvalue weighted by Crippen LogP contribution is 2.25. The highest BCUT2D eigenvalue weighted by atomic mass is 127. The Labute approximate surface area is 316 Å². The molecule has 0 saturated carbocycles. The van der Waals surface area contributed by atoms with Gasteiger partial charge in [0.2, 0.25) is 12.7 Å². The predicted octanol–water partition coefficient (Wildman–Crippen LogP) is 3.80. The first-order valence-electron chi connectivity index (χ1n) is 17.0. The fourth-order valence-electron chi connectivity index (χ4n) is 5.98. The first-order valence-corrected chi connectivity index (χ1v) is 17.0. The van der Waals surface area contributed by atoms with Crippen LogP contribution in [0, 0.1) is 6.92 Å². The summed E-state index contributed by atoms with van der Waals surface area (Å²) >= 11 is 0. The van der Waals surface area contributed by atoms with E-state index in [4.69, 9.17) is 4.74 Å². The van der Waals surface area contributed by atoms with Crippen molar-refractivity contribution in [2.24, 2.45) is 0 Å². The predicted molar refractivity (Wildman–Crippen MR) is 196 cm³/mol. The molecule has 2 N–H and O–H groups in total. The van der Waals surface area contributed by atoms with Crippen molar-refractivity contribution in [3.63, 3.8) is 0 Å². The number of ether oxygens (including phenoxy) is 1. The molecule has 3 heterocycles. The van der Waals surface area contributed by atoms with Crippen LogP contribution in [0.4, 0.5) is 17.3 Å². The summed E-state index contributed by atoms with van der Waals surface area (Å²) in [6.07, 6.45) is 5.58. The molecule has 0 radical (unpaired) electrons. The Morgan fingerprint density at radius 2 is 1.71 bits per heavy atom. The van der Waals surface area contributed by atoms with Crippen LogP contribution >= 0.6 is 0 Å². The highest BCUT2D eigenvalue weighted by Gasteiger charge is 2.30. The van der Waals surface area contributed by atoms with Gasteiger partial charge in [-0.25, -0.2) is 9.97 Å². The lowest BCUT2D eigenvalue weighted by atomic mass is 9.98. The van der Waals surface area contributed by atoms with Crippen molar-refractivity contribution in [1.82, 2.24) is 19.9 Å². The first-order chi connectivity index (χ1) is 24.2. The normalized spacial score (nSPS) is 14.5. The molecule has 1 amide bonds. The largest absolute Gasteiger partial charge is 1.00 e. The van der Waals surface area contributed by atoms with Gasteiger partial charge in [-0.1, -0.05) is 55.5 Å². The minimum atomic E-state index is -0.181. The van der Waals surface area contributed by atoms with Gasteiger partial charge in [-0.3, -0.25) is 24.0 Å². The van der Waals surface area contributed by atoms with Crippen LogP contribution in [0.2, 0.25) is 0 Å². The second-order valence-corrected chi connectivity index (χ2v) is 13.3. The number of nitrogens with one attached hydrogen (secondary N) is 2. The first kappa shape index (κ1) is 37.5. The summed E-state index contributed by atoms with van der Waals surface area (Å²) in [6, 6.07) is 29.2. The molecule has 0 aliphatic carbocycles. The number of nitrogens with zero attached hydrogens (tertiary/aromatic N) is 5. The molecule has 1 atom stereocenters. The number of amides is 1. The second-order valence-electron chi connectivity index (χ2n) is 13.3. The maximum Gasteiger partial charge on any atom is 0.310 e. The van der Waals surface area contributed by atoms with Crippen molar-refractivity contribution >= 4 is 29.2 Å². The zero-order chi connectivity index (χ0) is 34.9. The standard InChI is InChI=1S/C40H43N7O3.HI/c1-29-11-16-35(25-37(29)45-40-42-19-17-36(44-40)34-10-7-18-41-26-34)43-39(49)33-14-12-31(13-15-33)27-46-20-22-47(3,23-21-46)28-50-38(48)24-30(2)32-8-5-4-6-9-32;/h4-19,25-26,30H,20-24,27-28H2,1-3H3,(H-,42,43,44,45,49);1H/t30-;/m0./s1. The Kier molecular flexibility index (Phi) is 12.9. The molecule has 0 unspecified atom stereocenters. The van der Waals surface area contributed by atoms with E-state index in [-0.39, 0.29) is 41.8 Å². The Morgan fingerprint density at radius 3 is 2.43 bits per heavy atom. The van der Waals surface area contributed by atoms with Gasteiger partial charge in [-0.15, -0.1) is 0 Å². The van der Waals surface area contributed by atoms with Crippen molar-refractivity contribution in [2.45, 2.75) is 32.7 Å². The molecular formula is C40H44IN7O3. The molecule has 0 spiro atoms. The van der Waals surface area contributed by atoms with Crippen molar-refractivity contribution in [3.05, 3.63) is 132 Å². The fourth-order valence-corrected chi connectivity index (χ4v) is 5.98. The van der Waals surface area contributed by atoms with Gasteiger partial charge in [0.25, 0.3) is 5.91 Å². The average molecular weight is 798 g/mol. The van der Waals surface area contributed by atoms with Gasteiger partial charge in [-0.05, 0) is 72.0 Å². The summed E-state index contributed by atoms with van der Waals surface area (Å²) in [6.45, 7) is 8.85. The third-order valence-electron chi connectivity index (χ3n) is 9.27. The molecule has 3 aromatic carbocycles. The van der Waals surface area contributed by atoms with Crippen LogP contribution in [-0.4, -0.2) is 76.2 Å². The van der Waals surface area contributed by atoms with Gasteiger partial charge in [0.15, 0.2) is 0 Å². The summed E-state index contributed by atoms with van der Waals surface area (Å²) in [7, 11) is 2.15. The molecule has 264 valence electrons. The average Bonchev–Trinajstić information content (AvgIpc) is 3.14. The Balaban J connectivity index is 0.00000504. The Bertz CT molecular complexity index is 1900. The molecule has 51 heavy (non-hydrogen) atoms. The third kappa shape index (κ3) is 10.4. The lowest BCUT2D eigenvalue weighted by molar-refractivity contribution is -0.929. The number of pyridine rings is 1. The number of esters is 1. The van der Waals surface area contributed by atoms with E-state index >= 15 is 0 Å². The minimum absolute atomic E-state index is 0. The van der Waals surface area contributed by atoms with Gasteiger partial charge in [-0.2, -0.15) is 0 Å². The third-order valence-corrected chi connectivity index (χ3v) is 9.27. The van der Waals surface area contributed by atoms with Crippen LogP contribution in [0.5, 0.6) is 0 Å². The quantitative estimate of drug-likeness (QED) is 0.112. The summed E-state index contributed by atoms with van der Waals surface area (Å²) in [5.41, 5.74) is 7.01. The lowest BCUT2D eigenvalue weighted by Crippen LogP contribution is -3.00. The molecule has 6 rings (SSSR count). The summed E-state index contributed by atoms with van der Waals surface area (Å²) in [5, 5.41) is 6.31. The molecule has 2 aromatic heterocycles. The van der Waals surface area contributed by atoms with Gasteiger partial charge in [0.1, 0.15) is 0 Å². The molecule has 11 heteroatoms. The van der Waals surface area contributed by atoms with E-state index in [1.54, 1.807) is 18.6 Å². The number of benzene rings is 3. The number of anilines is 3. The van der Waals surface area contributed by atoms with Crippen molar-refractivity contribution in [2.75, 3.05) is 50.6 Å². The van der Waals surface area contributed by atoms with E-state index in [2.05, 4.69) is 56.6 Å². The van der Waals surface area contributed by atoms with Crippen molar-refractivity contribution in [3.8, 4) is 11.3 Å². The van der Waals surface area contributed by atoms with E-state index in [0.29, 0.717) is 34.8 Å². The number of aromatic nitrogens is 3. The van der Waals surface area contributed by atoms with E-state index in [9.17, 15) is 9.59 Å². The van der Waals surface area contributed by atoms with Crippen molar-refractivity contribution < 1.29 is 42.8 Å². The SMILES string of the molecule is Cc1ccc(NC(=O)c2ccc(CN3CC[N+](C)(COC(=O)C[C@H](C)c4ccccc4)CC3)cc2)cc1Nc1nccc(-c2cccnc2)n1.[I-]. The van der Waals surface area contributed by atoms with Crippen molar-refractivity contribution in [1.29, 1.82) is 0 Å². The molecule has 0 bridgehead atoms. The summed E-state index contributed by atoms with van der Waals surface area (Å²) in [5.74, 6) is 0.257. The molecule has 1 saturated heterocycles. The second kappa shape index (κ2) is 17.5. The molecule has 1 aliphatic heterocycles. The van der Waals surface area contributed by atoms with Crippen LogP contribution in [0.3, 0.4) is 0 Å². The van der Waals surface area contributed by atoms with E-state index in [0.717, 1.165) is 66.4 Å². The number of aryl methyl sites for hydroxylation is 1. The van der Waals surface area contributed by atoms with Gasteiger partial charge >= 0.3 is 5.97 Å². The lowest BCUT2D eigenvalue weighted by Gasteiger charge is -2.41. The Hall–Kier alpha value is -4.72. The van der Waals surface area contributed by atoms with Crippen LogP contribution in [0.1, 0.15) is 46.3 Å². The van der Waals surface area contributed by atoms with Crippen LogP contribution in [0.25, 0.3) is 11.3 Å². The number of carbonyl (C=O) groups excluding carboxylic acids is 2. The fraction of sp³-hybridized carbons (Fsp3) is 0.275. The zero-order valence-electron chi connectivity index (χ0n) is 29.3. The highest BCUT2D eigenvalue weighted by molar-refractivity contribution is 6.04. The van der Waals surface area contributed by atoms with E-state index in [1.165, 1.54) is 0 Å². The maximum absolute atomic E-state index is 13.2. The number of likely N-dealkylation sites (N-methyl/N-ethyl adjacent to an activating group) is 1. The molecule has 1 fully saturated rings. The maximum atomic E-state index is 13.2. The smallest absolute Gasteiger partial charge is 0.310 e. The zero-order valence-corrected chi connectivity index (χ0v) is 31.4. The number of piperazine rings is 1. The van der Waals surface area contributed by atoms with Gasteiger partial charge in [0.05, 0.1) is 32.3 Å². The minimum Gasteiger partial charge on any atom is -1.00 e.